The summed E-state index contributed by atoms with van der Waals surface area (Å²) in [5.41, 5.74) is 2.45. The number of pyridine rings is 1. The molecule has 0 spiro atoms. The predicted molar refractivity (Wildman–Crippen MR) is 66.8 cm³/mol. The van der Waals surface area contributed by atoms with Gasteiger partial charge in [-0.2, -0.15) is 0 Å². The van der Waals surface area contributed by atoms with E-state index in [4.69, 9.17) is 11.6 Å². The third-order valence-electron chi connectivity index (χ3n) is 2.48. The largest absolute Gasteiger partial charge is 0.357 e. The molecule has 0 aliphatic heterocycles. The molecule has 1 heterocycles. The minimum absolute atomic E-state index is 0.112. The third-order valence-corrected chi connectivity index (χ3v) is 3.80. The van der Waals surface area contributed by atoms with Crippen molar-refractivity contribution < 1.29 is 0 Å². The zero-order valence-corrected chi connectivity index (χ0v) is 10.7. The zero-order valence-electron chi connectivity index (χ0n) is 8.32. The lowest BCUT2D eigenvalue weighted by Crippen LogP contribution is -2.07. The van der Waals surface area contributed by atoms with Crippen LogP contribution >= 0.6 is 27.5 Å². The Morgan fingerprint density at radius 1 is 1.33 bits per heavy atom. The summed E-state index contributed by atoms with van der Waals surface area (Å²) < 4.78 is 0.979. The van der Waals surface area contributed by atoms with Crippen molar-refractivity contribution in [3.05, 3.63) is 43.1 Å². The first-order valence-electron chi connectivity index (χ1n) is 4.49. The number of nitrogens with one attached hydrogen (secondary N) is 1. The number of halogens is 2. The van der Waals surface area contributed by atoms with Crippen molar-refractivity contribution in [1.29, 1.82) is 0 Å². The summed E-state index contributed by atoms with van der Waals surface area (Å²) in [4.78, 5) is 15.0. The Morgan fingerprint density at radius 3 is 2.67 bits per heavy atom. The van der Waals surface area contributed by atoms with Crippen LogP contribution in [0.5, 0.6) is 0 Å². The highest BCUT2D eigenvalue weighted by atomic mass is 79.9. The van der Waals surface area contributed by atoms with E-state index >= 15 is 0 Å². The van der Waals surface area contributed by atoms with Crippen LogP contribution in [0.25, 0.3) is 10.9 Å². The van der Waals surface area contributed by atoms with E-state index in [9.17, 15) is 4.79 Å². The molecule has 1 aromatic carbocycles. The minimum atomic E-state index is -0.112. The van der Waals surface area contributed by atoms with Gasteiger partial charge >= 0.3 is 0 Å². The van der Waals surface area contributed by atoms with Crippen molar-refractivity contribution in [1.82, 2.24) is 4.98 Å². The van der Waals surface area contributed by atoms with Crippen molar-refractivity contribution in [3.8, 4) is 0 Å². The Bertz CT molecular complexity index is 604. The number of rotatable bonds is 0. The molecule has 0 atom stereocenters. The first-order chi connectivity index (χ1) is 7.02. The summed E-state index contributed by atoms with van der Waals surface area (Å²) in [5.74, 6) is 0. The number of hydrogen-bond donors (Lipinski definition) is 1. The summed E-state index contributed by atoms with van der Waals surface area (Å²) in [5, 5.41) is 0.899. The van der Waals surface area contributed by atoms with Crippen molar-refractivity contribution in [3.63, 3.8) is 0 Å². The molecule has 0 radical (unpaired) electrons. The highest BCUT2D eigenvalue weighted by Gasteiger charge is 2.09. The van der Waals surface area contributed by atoms with Gasteiger partial charge in [-0.1, -0.05) is 27.5 Å². The standard InChI is InChI=1S/C11H9BrClNO/c1-5-8(12)4-3-7-10(5)14-6(2)9(13)11(7)15/h3-4H,1-2H3,(H,14,15). The van der Waals surface area contributed by atoms with Gasteiger partial charge in [-0.05, 0) is 31.5 Å². The van der Waals surface area contributed by atoms with E-state index in [1.807, 2.05) is 13.0 Å². The number of aromatic amines is 1. The van der Waals surface area contributed by atoms with E-state index in [0.29, 0.717) is 11.1 Å². The van der Waals surface area contributed by atoms with Gasteiger partial charge in [0.25, 0.3) is 0 Å². The maximum Gasteiger partial charge on any atom is 0.208 e. The Morgan fingerprint density at radius 2 is 2.00 bits per heavy atom. The average Bonchev–Trinajstić information content (AvgIpc) is 2.21. The molecule has 1 N–H and O–H groups in total. The lowest BCUT2D eigenvalue weighted by molar-refractivity contribution is 1.22. The zero-order chi connectivity index (χ0) is 11.2. The quantitative estimate of drug-likeness (QED) is 0.789. The van der Waals surface area contributed by atoms with Crippen molar-refractivity contribution in [2.24, 2.45) is 0 Å². The van der Waals surface area contributed by atoms with Crippen molar-refractivity contribution >= 4 is 38.4 Å². The SMILES string of the molecule is Cc1[nH]c2c(C)c(Br)ccc2c(=O)c1Cl. The second-order valence-corrected chi connectivity index (χ2v) is 4.72. The van der Waals surface area contributed by atoms with Crippen LogP contribution in [-0.2, 0) is 0 Å². The minimum Gasteiger partial charge on any atom is -0.357 e. The molecule has 2 aromatic rings. The molecule has 0 fully saturated rings. The highest BCUT2D eigenvalue weighted by molar-refractivity contribution is 9.10. The van der Waals surface area contributed by atoms with Crippen LogP contribution in [0.3, 0.4) is 0 Å². The number of aryl methyl sites for hydroxylation is 2. The van der Waals surface area contributed by atoms with Crippen LogP contribution in [-0.4, -0.2) is 4.98 Å². The molecule has 2 rings (SSSR count). The fourth-order valence-corrected chi connectivity index (χ4v) is 2.05. The predicted octanol–water partition coefficient (Wildman–Crippen LogP) is 3.56. The summed E-state index contributed by atoms with van der Waals surface area (Å²) in [6.45, 7) is 3.75. The molecule has 1 aromatic heterocycles. The Hall–Kier alpha value is -0.800. The van der Waals surface area contributed by atoms with Gasteiger partial charge in [-0.25, -0.2) is 0 Å². The summed E-state index contributed by atoms with van der Waals surface area (Å²) >= 11 is 9.32. The van der Waals surface area contributed by atoms with Gasteiger partial charge in [0.05, 0.1) is 5.52 Å². The number of H-pyrrole nitrogens is 1. The molecule has 15 heavy (non-hydrogen) atoms. The summed E-state index contributed by atoms with van der Waals surface area (Å²) in [7, 11) is 0. The normalized spacial score (nSPS) is 10.9. The monoisotopic (exact) mass is 285 g/mol. The van der Waals surface area contributed by atoms with E-state index < -0.39 is 0 Å². The van der Waals surface area contributed by atoms with Gasteiger partial charge in [0.15, 0.2) is 0 Å². The van der Waals surface area contributed by atoms with Crippen LogP contribution < -0.4 is 5.43 Å². The molecule has 0 saturated heterocycles. The molecule has 4 heteroatoms. The van der Waals surface area contributed by atoms with Crippen molar-refractivity contribution in [2.45, 2.75) is 13.8 Å². The lowest BCUT2D eigenvalue weighted by Gasteiger charge is -2.06. The fraction of sp³-hybridized carbons (Fsp3) is 0.182. The summed E-state index contributed by atoms with van der Waals surface area (Å²) in [6, 6.07) is 3.63. The molecule has 0 unspecified atom stereocenters. The van der Waals surface area contributed by atoms with Crippen molar-refractivity contribution in [2.75, 3.05) is 0 Å². The Labute approximate surface area is 100 Å². The third kappa shape index (κ3) is 1.60. The van der Waals surface area contributed by atoms with E-state index in [0.717, 1.165) is 15.6 Å². The average molecular weight is 287 g/mol. The van der Waals surface area contributed by atoms with Crippen LogP contribution in [0.1, 0.15) is 11.3 Å². The van der Waals surface area contributed by atoms with E-state index in [1.54, 1.807) is 13.0 Å². The van der Waals surface area contributed by atoms with Gasteiger partial charge in [0.2, 0.25) is 5.43 Å². The number of benzene rings is 1. The van der Waals surface area contributed by atoms with Crippen LogP contribution in [0, 0.1) is 13.8 Å². The molecule has 78 valence electrons. The molecule has 2 nitrogen and oxygen atoms in total. The van der Waals surface area contributed by atoms with Crippen LogP contribution in [0.15, 0.2) is 21.4 Å². The molecular formula is C11H9BrClNO. The smallest absolute Gasteiger partial charge is 0.208 e. The number of fused-ring (bicyclic) bond motifs is 1. The molecule has 0 aliphatic carbocycles. The second-order valence-electron chi connectivity index (χ2n) is 3.49. The number of hydrogen-bond acceptors (Lipinski definition) is 1. The Balaban J connectivity index is 3.06. The lowest BCUT2D eigenvalue weighted by atomic mass is 10.1. The van der Waals surface area contributed by atoms with E-state index in [-0.39, 0.29) is 10.5 Å². The van der Waals surface area contributed by atoms with Gasteiger partial charge < -0.3 is 4.98 Å². The van der Waals surface area contributed by atoms with Gasteiger partial charge in [0.1, 0.15) is 5.02 Å². The first-order valence-corrected chi connectivity index (χ1v) is 5.66. The van der Waals surface area contributed by atoms with Gasteiger partial charge in [0, 0.05) is 15.6 Å². The molecule has 0 aliphatic rings. The van der Waals surface area contributed by atoms with Crippen LogP contribution in [0.4, 0.5) is 0 Å². The van der Waals surface area contributed by atoms with Crippen LogP contribution in [0.2, 0.25) is 5.02 Å². The molecular weight excluding hydrogens is 277 g/mol. The maximum atomic E-state index is 11.8. The second kappa shape index (κ2) is 3.65. The van der Waals surface area contributed by atoms with E-state index in [2.05, 4.69) is 20.9 Å². The van der Waals surface area contributed by atoms with E-state index in [1.165, 1.54) is 0 Å². The van der Waals surface area contributed by atoms with Gasteiger partial charge in [-0.15, -0.1) is 0 Å². The molecule has 0 saturated carbocycles. The Kier molecular flexibility index (Phi) is 2.61. The summed E-state index contributed by atoms with van der Waals surface area (Å²) in [6.07, 6.45) is 0. The topological polar surface area (TPSA) is 32.9 Å². The molecule has 0 amide bonds. The highest BCUT2D eigenvalue weighted by Crippen LogP contribution is 2.24. The fourth-order valence-electron chi connectivity index (χ4n) is 1.57. The number of aromatic nitrogens is 1. The molecule has 0 bridgehead atoms. The van der Waals surface area contributed by atoms with Gasteiger partial charge in [-0.3, -0.25) is 4.79 Å². The first kappa shape index (κ1) is 10.7. The maximum absolute atomic E-state index is 11.8.